The second-order valence-corrected chi connectivity index (χ2v) is 3.44. The molecule has 1 amide bonds. The van der Waals surface area contributed by atoms with Gasteiger partial charge < -0.3 is 5.32 Å². The minimum absolute atomic E-state index is 0.0398. The molecule has 4 heteroatoms. The number of pyridine rings is 1. The Bertz CT molecular complexity index is 297. The number of aromatic nitrogens is 1. The summed E-state index contributed by atoms with van der Waals surface area (Å²) in [4.78, 5) is 15.3. The van der Waals surface area contributed by atoms with E-state index in [1.165, 1.54) is 0 Å². The number of rotatable bonds is 4. The van der Waals surface area contributed by atoms with Gasteiger partial charge >= 0.3 is 0 Å². The van der Waals surface area contributed by atoms with Gasteiger partial charge in [0.05, 0.1) is 0 Å². The molecule has 0 aliphatic carbocycles. The van der Waals surface area contributed by atoms with Crippen molar-refractivity contribution in [3.63, 3.8) is 0 Å². The van der Waals surface area contributed by atoms with E-state index in [0.29, 0.717) is 24.5 Å². The van der Waals surface area contributed by atoms with Crippen molar-refractivity contribution < 1.29 is 4.79 Å². The number of nitrogens with one attached hydrogen (secondary N) is 1. The molecule has 0 saturated heterocycles. The van der Waals surface area contributed by atoms with E-state index >= 15 is 0 Å². The predicted molar refractivity (Wildman–Crippen MR) is 57.6 cm³/mol. The molecule has 1 heterocycles. The standard InChI is InChI=1S/C10H13ClN2O/c1-8-4-5-9(12-7-8)13-10(14)3-2-6-11/h4-5,7H,2-3,6H2,1H3,(H,12,13,14). The van der Waals surface area contributed by atoms with Crippen LogP contribution in [0, 0.1) is 6.92 Å². The van der Waals surface area contributed by atoms with E-state index in [0.717, 1.165) is 5.56 Å². The van der Waals surface area contributed by atoms with E-state index in [1.54, 1.807) is 12.3 Å². The van der Waals surface area contributed by atoms with Gasteiger partial charge in [-0.05, 0) is 25.0 Å². The lowest BCUT2D eigenvalue weighted by atomic mass is 10.3. The van der Waals surface area contributed by atoms with Gasteiger partial charge in [0, 0.05) is 18.5 Å². The van der Waals surface area contributed by atoms with E-state index in [2.05, 4.69) is 10.3 Å². The quantitative estimate of drug-likeness (QED) is 0.779. The molecule has 0 aromatic carbocycles. The molecule has 76 valence electrons. The number of amides is 1. The van der Waals surface area contributed by atoms with Crippen molar-refractivity contribution in [1.29, 1.82) is 0 Å². The van der Waals surface area contributed by atoms with Gasteiger partial charge in [0.1, 0.15) is 5.82 Å². The third kappa shape index (κ3) is 3.75. The highest BCUT2D eigenvalue weighted by Gasteiger charge is 2.01. The second kappa shape index (κ2) is 5.60. The van der Waals surface area contributed by atoms with Gasteiger partial charge in [-0.25, -0.2) is 4.98 Å². The number of carbonyl (C=O) groups is 1. The highest BCUT2D eigenvalue weighted by molar-refractivity contribution is 6.18. The minimum Gasteiger partial charge on any atom is -0.311 e. The molecule has 1 rings (SSSR count). The average molecular weight is 213 g/mol. The van der Waals surface area contributed by atoms with Gasteiger partial charge in [-0.3, -0.25) is 4.79 Å². The van der Waals surface area contributed by atoms with Crippen molar-refractivity contribution in [2.24, 2.45) is 0 Å². The van der Waals surface area contributed by atoms with Crippen molar-refractivity contribution in [3.05, 3.63) is 23.9 Å². The summed E-state index contributed by atoms with van der Waals surface area (Å²) in [7, 11) is 0. The van der Waals surface area contributed by atoms with Crippen LogP contribution < -0.4 is 5.32 Å². The third-order valence-corrected chi connectivity index (χ3v) is 1.98. The molecule has 0 aliphatic rings. The number of anilines is 1. The first kappa shape index (κ1) is 11.0. The van der Waals surface area contributed by atoms with Crippen molar-refractivity contribution in [3.8, 4) is 0 Å². The molecule has 0 saturated carbocycles. The largest absolute Gasteiger partial charge is 0.311 e. The summed E-state index contributed by atoms with van der Waals surface area (Å²) in [6.45, 7) is 1.95. The number of carbonyl (C=O) groups excluding carboxylic acids is 1. The Morgan fingerprint density at radius 2 is 2.36 bits per heavy atom. The minimum atomic E-state index is -0.0398. The maximum atomic E-state index is 11.2. The first-order valence-corrected chi connectivity index (χ1v) is 5.04. The van der Waals surface area contributed by atoms with Crippen LogP contribution in [-0.2, 0) is 4.79 Å². The van der Waals surface area contributed by atoms with Gasteiger partial charge in [0.15, 0.2) is 0 Å². The van der Waals surface area contributed by atoms with Crippen molar-refractivity contribution in [2.75, 3.05) is 11.2 Å². The normalized spacial score (nSPS) is 9.86. The lowest BCUT2D eigenvalue weighted by molar-refractivity contribution is -0.116. The molecule has 1 aromatic heterocycles. The monoisotopic (exact) mass is 212 g/mol. The summed E-state index contributed by atoms with van der Waals surface area (Å²) >= 11 is 5.47. The second-order valence-electron chi connectivity index (χ2n) is 3.06. The molecule has 1 aromatic rings. The van der Waals surface area contributed by atoms with Gasteiger partial charge in [-0.1, -0.05) is 6.07 Å². The molecule has 1 N–H and O–H groups in total. The van der Waals surface area contributed by atoms with Crippen LogP contribution in [0.2, 0.25) is 0 Å². The molecule has 3 nitrogen and oxygen atoms in total. The Morgan fingerprint density at radius 1 is 1.57 bits per heavy atom. The Kier molecular flexibility index (Phi) is 4.40. The van der Waals surface area contributed by atoms with E-state index in [9.17, 15) is 4.79 Å². The van der Waals surface area contributed by atoms with Gasteiger partial charge in [0.2, 0.25) is 5.91 Å². The zero-order valence-electron chi connectivity index (χ0n) is 8.09. The van der Waals surface area contributed by atoms with Crippen LogP contribution in [0.4, 0.5) is 5.82 Å². The Morgan fingerprint density at radius 3 is 2.93 bits per heavy atom. The number of nitrogens with zero attached hydrogens (tertiary/aromatic N) is 1. The molecule has 0 spiro atoms. The van der Waals surface area contributed by atoms with Crippen LogP contribution in [0.15, 0.2) is 18.3 Å². The first-order valence-electron chi connectivity index (χ1n) is 4.51. The molecule has 0 atom stereocenters. The zero-order valence-corrected chi connectivity index (χ0v) is 8.84. The molecule has 0 radical (unpaired) electrons. The number of hydrogen-bond donors (Lipinski definition) is 1. The van der Waals surface area contributed by atoms with Gasteiger partial charge in [0.25, 0.3) is 0 Å². The Balaban J connectivity index is 2.44. The third-order valence-electron chi connectivity index (χ3n) is 1.72. The maximum absolute atomic E-state index is 11.2. The van der Waals surface area contributed by atoms with Gasteiger partial charge in [-0.15, -0.1) is 11.6 Å². The van der Waals surface area contributed by atoms with Crippen LogP contribution in [0.25, 0.3) is 0 Å². The molecule has 14 heavy (non-hydrogen) atoms. The van der Waals surface area contributed by atoms with E-state index in [4.69, 9.17) is 11.6 Å². The molecule has 0 unspecified atom stereocenters. The zero-order chi connectivity index (χ0) is 10.4. The van der Waals surface area contributed by atoms with E-state index in [-0.39, 0.29) is 5.91 Å². The fourth-order valence-electron chi connectivity index (χ4n) is 0.974. The lowest BCUT2D eigenvalue weighted by Gasteiger charge is -2.03. The SMILES string of the molecule is Cc1ccc(NC(=O)CCCCl)nc1. The van der Waals surface area contributed by atoms with E-state index in [1.807, 2.05) is 13.0 Å². The molecule has 0 bridgehead atoms. The van der Waals surface area contributed by atoms with E-state index < -0.39 is 0 Å². The fraction of sp³-hybridized carbons (Fsp3) is 0.400. The topological polar surface area (TPSA) is 42.0 Å². The fourth-order valence-corrected chi connectivity index (χ4v) is 1.11. The molecule has 0 aliphatic heterocycles. The Labute approximate surface area is 88.5 Å². The first-order chi connectivity index (χ1) is 6.72. The summed E-state index contributed by atoms with van der Waals surface area (Å²) in [5, 5.41) is 2.70. The number of alkyl halides is 1. The number of aryl methyl sites for hydroxylation is 1. The highest BCUT2D eigenvalue weighted by Crippen LogP contribution is 2.04. The maximum Gasteiger partial charge on any atom is 0.225 e. The highest BCUT2D eigenvalue weighted by atomic mass is 35.5. The summed E-state index contributed by atoms with van der Waals surface area (Å²) in [5.41, 5.74) is 1.07. The summed E-state index contributed by atoms with van der Waals surface area (Å²) < 4.78 is 0. The summed E-state index contributed by atoms with van der Waals surface area (Å²) in [6.07, 6.45) is 2.86. The molecular formula is C10H13ClN2O. The molecular weight excluding hydrogens is 200 g/mol. The van der Waals surface area contributed by atoms with Crippen LogP contribution in [0.5, 0.6) is 0 Å². The number of halogens is 1. The van der Waals surface area contributed by atoms with Crippen molar-refractivity contribution in [1.82, 2.24) is 4.98 Å². The Hall–Kier alpha value is -1.09. The summed E-state index contributed by atoms with van der Waals surface area (Å²) in [6, 6.07) is 3.69. The van der Waals surface area contributed by atoms with Crippen LogP contribution in [0.3, 0.4) is 0 Å². The van der Waals surface area contributed by atoms with Crippen molar-refractivity contribution >= 4 is 23.3 Å². The lowest BCUT2D eigenvalue weighted by Crippen LogP contribution is -2.12. The van der Waals surface area contributed by atoms with Crippen LogP contribution >= 0.6 is 11.6 Å². The average Bonchev–Trinajstić information content (AvgIpc) is 2.18. The van der Waals surface area contributed by atoms with Crippen LogP contribution in [0.1, 0.15) is 18.4 Å². The predicted octanol–water partition coefficient (Wildman–Crippen LogP) is 2.35. The van der Waals surface area contributed by atoms with Gasteiger partial charge in [-0.2, -0.15) is 0 Å². The number of hydrogen-bond acceptors (Lipinski definition) is 2. The molecule has 0 fully saturated rings. The van der Waals surface area contributed by atoms with Crippen LogP contribution in [-0.4, -0.2) is 16.8 Å². The smallest absolute Gasteiger partial charge is 0.225 e. The van der Waals surface area contributed by atoms with Crippen molar-refractivity contribution in [2.45, 2.75) is 19.8 Å². The summed E-state index contributed by atoms with van der Waals surface area (Å²) in [5.74, 6) is 1.06.